The Kier molecular flexibility index (Phi) is 5.93. The van der Waals surface area contributed by atoms with Crippen molar-refractivity contribution in [1.29, 1.82) is 0 Å². The van der Waals surface area contributed by atoms with Gasteiger partial charge in [0.05, 0.1) is 10.5 Å². The minimum absolute atomic E-state index is 0.137. The van der Waals surface area contributed by atoms with Crippen molar-refractivity contribution in [3.8, 4) is 0 Å². The quantitative estimate of drug-likeness (QED) is 0.872. The first-order valence-corrected chi connectivity index (χ1v) is 9.33. The van der Waals surface area contributed by atoms with Gasteiger partial charge >= 0.3 is 6.18 Å². The first-order valence-electron chi connectivity index (χ1n) is 7.89. The predicted octanol–water partition coefficient (Wildman–Crippen LogP) is 3.12. The summed E-state index contributed by atoms with van der Waals surface area (Å²) < 4.78 is 63.9. The highest BCUT2D eigenvalue weighted by atomic mass is 32.2. The van der Waals surface area contributed by atoms with Gasteiger partial charge in [0.25, 0.3) is 0 Å². The molecule has 0 spiro atoms. The zero-order chi connectivity index (χ0) is 18.0. The van der Waals surface area contributed by atoms with E-state index < -0.39 is 21.8 Å². The van der Waals surface area contributed by atoms with Crippen molar-refractivity contribution in [3.63, 3.8) is 0 Å². The Balaban J connectivity index is 2.04. The van der Waals surface area contributed by atoms with Gasteiger partial charge in [0.15, 0.2) is 0 Å². The Morgan fingerprint density at radius 2 is 1.58 bits per heavy atom. The second kappa shape index (κ2) is 7.41. The van der Waals surface area contributed by atoms with Crippen LogP contribution in [-0.2, 0) is 16.2 Å². The average molecular weight is 365 g/mol. The third-order valence-electron chi connectivity index (χ3n) is 4.63. The molecule has 0 bridgehead atoms. The fraction of sp³-hybridized carbons (Fsp3) is 0.625. The van der Waals surface area contributed by atoms with Crippen molar-refractivity contribution in [1.82, 2.24) is 4.31 Å². The number of rotatable bonds is 5. The number of aliphatic hydroxyl groups excluding tert-OH is 1. The maximum absolute atomic E-state index is 12.6. The number of aliphatic hydroxyl groups is 1. The summed E-state index contributed by atoms with van der Waals surface area (Å²) in [6.07, 6.45) is -1.06. The molecule has 0 heterocycles. The van der Waals surface area contributed by atoms with E-state index in [2.05, 4.69) is 0 Å². The molecule has 1 aromatic carbocycles. The second-order valence-corrected chi connectivity index (χ2v) is 8.42. The van der Waals surface area contributed by atoms with Gasteiger partial charge in [0.2, 0.25) is 10.0 Å². The van der Waals surface area contributed by atoms with Gasteiger partial charge in [-0.25, -0.2) is 12.7 Å². The van der Waals surface area contributed by atoms with Crippen LogP contribution < -0.4 is 0 Å². The summed E-state index contributed by atoms with van der Waals surface area (Å²) in [6.45, 7) is 0.494. The van der Waals surface area contributed by atoms with Crippen LogP contribution >= 0.6 is 0 Å². The SMILES string of the molecule is CN(C[C@H]1CC[C@H](CO)CC1)S(=O)(=O)c1ccc(C(F)(F)F)cc1. The molecule has 4 nitrogen and oxygen atoms in total. The number of benzene rings is 1. The number of alkyl halides is 3. The van der Waals surface area contributed by atoms with Crippen LogP contribution in [0.2, 0.25) is 0 Å². The maximum Gasteiger partial charge on any atom is 0.416 e. The van der Waals surface area contributed by atoms with Crippen molar-refractivity contribution >= 4 is 10.0 Å². The summed E-state index contributed by atoms with van der Waals surface area (Å²) in [5.74, 6) is 0.500. The summed E-state index contributed by atoms with van der Waals surface area (Å²) >= 11 is 0. The van der Waals surface area contributed by atoms with Gasteiger partial charge in [-0.1, -0.05) is 0 Å². The highest BCUT2D eigenvalue weighted by Gasteiger charge is 2.31. The van der Waals surface area contributed by atoms with Gasteiger partial charge in [0.1, 0.15) is 0 Å². The first-order chi connectivity index (χ1) is 11.1. The van der Waals surface area contributed by atoms with E-state index in [9.17, 15) is 21.6 Å². The maximum atomic E-state index is 12.6. The van der Waals surface area contributed by atoms with Crippen molar-refractivity contribution < 1.29 is 26.7 Å². The lowest BCUT2D eigenvalue weighted by Crippen LogP contribution is -2.33. The van der Waals surface area contributed by atoms with Crippen molar-refractivity contribution in [2.45, 2.75) is 36.8 Å². The molecule has 1 fully saturated rings. The summed E-state index contributed by atoms with van der Waals surface area (Å²) in [6, 6.07) is 3.56. The molecule has 1 aliphatic rings. The van der Waals surface area contributed by atoms with E-state index in [1.165, 1.54) is 11.4 Å². The van der Waals surface area contributed by atoms with Gasteiger partial charge in [-0.3, -0.25) is 0 Å². The Hall–Kier alpha value is -1.12. The summed E-state index contributed by atoms with van der Waals surface area (Å²) in [7, 11) is -2.35. The number of hydrogen-bond donors (Lipinski definition) is 1. The fourth-order valence-electron chi connectivity index (χ4n) is 3.05. The minimum Gasteiger partial charge on any atom is -0.396 e. The van der Waals surface area contributed by atoms with Crippen LogP contribution in [0.15, 0.2) is 29.2 Å². The lowest BCUT2D eigenvalue weighted by atomic mass is 9.82. The topological polar surface area (TPSA) is 57.6 Å². The Morgan fingerprint density at radius 3 is 2.04 bits per heavy atom. The van der Waals surface area contributed by atoms with Gasteiger partial charge in [-0.05, 0) is 61.8 Å². The largest absolute Gasteiger partial charge is 0.416 e. The van der Waals surface area contributed by atoms with E-state index >= 15 is 0 Å². The molecule has 24 heavy (non-hydrogen) atoms. The number of nitrogens with zero attached hydrogens (tertiary/aromatic N) is 1. The Labute approximate surface area is 140 Å². The molecule has 0 atom stereocenters. The van der Waals surface area contributed by atoms with Crippen LogP contribution in [-0.4, -0.2) is 38.0 Å². The van der Waals surface area contributed by atoms with E-state index in [0.29, 0.717) is 6.54 Å². The molecule has 0 saturated heterocycles. The van der Waals surface area contributed by atoms with Gasteiger partial charge in [-0.15, -0.1) is 0 Å². The average Bonchev–Trinajstić information content (AvgIpc) is 2.54. The fourth-order valence-corrected chi connectivity index (χ4v) is 4.30. The number of sulfonamides is 1. The van der Waals surface area contributed by atoms with Gasteiger partial charge in [-0.2, -0.15) is 13.2 Å². The third-order valence-corrected chi connectivity index (χ3v) is 6.47. The van der Waals surface area contributed by atoms with Crippen LogP contribution in [0.4, 0.5) is 13.2 Å². The zero-order valence-electron chi connectivity index (χ0n) is 13.5. The molecule has 1 saturated carbocycles. The molecule has 8 heteroatoms. The molecule has 2 rings (SSSR count). The first kappa shape index (κ1) is 19.2. The van der Waals surface area contributed by atoms with Crippen molar-refractivity contribution in [2.75, 3.05) is 20.2 Å². The third kappa shape index (κ3) is 4.49. The predicted molar refractivity (Wildman–Crippen MR) is 83.8 cm³/mol. The molecule has 1 N–H and O–H groups in total. The molecule has 0 aliphatic heterocycles. The molecule has 136 valence electrons. The zero-order valence-corrected chi connectivity index (χ0v) is 14.3. The van der Waals surface area contributed by atoms with Crippen molar-refractivity contribution in [3.05, 3.63) is 29.8 Å². The van der Waals surface area contributed by atoms with Gasteiger partial charge in [0, 0.05) is 20.2 Å². The molecule has 0 unspecified atom stereocenters. The standard InChI is InChI=1S/C16H22F3NO3S/c1-20(10-12-2-4-13(11-21)5-3-12)24(22,23)15-8-6-14(7-9-15)16(17,18)19/h6-9,12-13,21H,2-5,10-11H2,1H3/t12-,13-. The lowest BCUT2D eigenvalue weighted by molar-refractivity contribution is -0.137. The second-order valence-electron chi connectivity index (χ2n) is 6.38. The summed E-state index contributed by atoms with van der Waals surface area (Å²) in [4.78, 5) is -0.137. The molecule has 0 radical (unpaired) electrons. The summed E-state index contributed by atoms with van der Waals surface area (Å²) in [5, 5.41) is 9.13. The number of hydrogen-bond acceptors (Lipinski definition) is 3. The molecular weight excluding hydrogens is 343 g/mol. The van der Waals surface area contributed by atoms with E-state index in [-0.39, 0.29) is 23.3 Å². The van der Waals surface area contributed by atoms with Crippen LogP contribution in [0.3, 0.4) is 0 Å². The minimum atomic E-state index is -4.49. The molecule has 1 aliphatic carbocycles. The summed E-state index contributed by atoms with van der Waals surface area (Å²) in [5.41, 5.74) is -0.869. The van der Waals surface area contributed by atoms with E-state index in [1.54, 1.807) is 0 Å². The molecule has 1 aromatic rings. The van der Waals surface area contributed by atoms with Gasteiger partial charge < -0.3 is 5.11 Å². The smallest absolute Gasteiger partial charge is 0.396 e. The van der Waals surface area contributed by atoms with E-state index in [1.807, 2.05) is 0 Å². The van der Waals surface area contributed by atoms with E-state index in [4.69, 9.17) is 5.11 Å². The normalized spacial score (nSPS) is 22.8. The van der Waals surface area contributed by atoms with Crippen LogP contribution in [0.5, 0.6) is 0 Å². The highest BCUT2D eigenvalue weighted by Crippen LogP contribution is 2.31. The van der Waals surface area contributed by atoms with E-state index in [0.717, 1.165) is 49.9 Å². The Bertz CT molecular complexity index is 636. The number of halogens is 3. The highest BCUT2D eigenvalue weighted by molar-refractivity contribution is 7.89. The van der Waals surface area contributed by atoms with Crippen LogP contribution in [0, 0.1) is 11.8 Å². The van der Waals surface area contributed by atoms with Crippen LogP contribution in [0.1, 0.15) is 31.2 Å². The Morgan fingerprint density at radius 1 is 1.08 bits per heavy atom. The molecule has 0 aromatic heterocycles. The molecule has 0 amide bonds. The van der Waals surface area contributed by atoms with Crippen LogP contribution in [0.25, 0.3) is 0 Å². The lowest BCUT2D eigenvalue weighted by Gasteiger charge is -2.30. The van der Waals surface area contributed by atoms with Crippen molar-refractivity contribution in [2.24, 2.45) is 11.8 Å². The monoisotopic (exact) mass is 365 g/mol. The molecular formula is C16H22F3NO3S.